The number of esters is 2. The number of imidazole rings is 1. The van der Waals surface area contributed by atoms with Crippen LogP contribution < -0.4 is 62.7 Å². The Kier molecular flexibility index (Phi) is 35.0. The number of methoxy groups -OCH3 is 1. The number of rotatable bonds is 31. The smallest absolute Gasteiger partial charge is 0.497 e. The summed E-state index contributed by atoms with van der Waals surface area (Å²) in [6, 6.07) is 26.5. The average Bonchev–Trinajstić information content (AvgIpc) is 1.58. The van der Waals surface area contributed by atoms with Crippen molar-refractivity contribution < 1.29 is 134 Å². The lowest BCUT2D eigenvalue weighted by Crippen LogP contribution is -2.49. The van der Waals surface area contributed by atoms with Gasteiger partial charge < -0.3 is 92.9 Å². The predicted molar refractivity (Wildman–Crippen MR) is 477 cm³/mol. The summed E-state index contributed by atoms with van der Waals surface area (Å²) in [5, 5.41) is 61.9. The minimum absolute atomic E-state index is 0.0230. The second kappa shape index (κ2) is 45.9. The van der Waals surface area contributed by atoms with E-state index in [-0.39, 0.29) is 116 Å². The number of halogens is 3. The van der Waals surface area contributed by atoms with Crippen LogP contribution in [0.25, 0.3) is 11.2 Å². The molecule has 0 radical (unpaired) electrons. The van der Waals surface area contributed by atoms with Crippen molar-refractivity contribution in [3.63, 3.8) is 0 Å². The zero-order chi connectivity index (χ0) is 98.4. The number of H-pyrrole nitrogens is 3. The number of amides is 2. The summed E-state index contributed by atoms with van der Waals surface area (Å²) in [7, 11) is -7.16. The quantitative estimate of drug-likeness (QED) is 0.0160. The molecule has 136 heavy (non-hydrogen) atoms. The molecule has 4 aromatic carbocycles. The predicted octanol–water partition coefficient (Wildman–Crippen LogP) is 6.63. The van der Waals surface area contributed by atoms with Gasteiger partial charge in [-0.15, -0.1) is 0 Å². The summed E-state index contributed by atoms with van der Waals surface area (Å²) in [5.74, 6) is -1.95. The molecule has 5 unspecified atom stereocenters. The number of carbonyl (C=O) groups excluding carboxylic acids is 5. The van der Waals surface area contributed by atoms with Crippen LogP contribution >= 0.6 is 58.9 Å². The Bertz CT molecular complexity index is 6120. The minimum atomic E-state index is -3.08. The van der Waals surface area contributed by atoms with Crippen molar-refractivity contribution in [2.75, 3.05) is 57.4 Å². The van der Waals surface area contributed by atoms with Crippen molar-refractivity contribution in [2.45, 2.75) is 189 Å². The van der Waals surface area contributed by atoms with E-state index < -0.39 is 192 Å². The van der Waals surface area contributed by atoms with Crippen LogP contribution in [0.1, 0.15) is 125 Å². The molecule has 0 bridgehead atoms. The molecule has 0 spiro atoms. The lowest BCUT2D eigenvalue weighted by Gasteiger charge is -2.27. The first-order valence-corrected chi connectivity index (χ1v) is 46.6. The maximum absolute atomic E-state index is 13.6. The third-order valence-electron chi connectivity index (χ3n) is 21.7. The molecule has 2 amide bonds. The van der Waals surface area contributed by atoms with E-state index in [0.29, 0.717) is 43.8 Å². The van der Waals surface area contributed by atoms with E-state index in [1.54, 1.807) is 74.5 Å². The molecule has 0 aliphatic carbocycles. The molecular weight excluding hydrogens is 1920 g/mol. The first-order chi connectivity index (χ1) is 64.8. The molecule has 52 heteroatoms. The molecule has 6 saturated heterocycles. The fourth-order valence-corrected chi connectivity index (χ4v) is 18.8. The highest BCUT2D eigenvalue weighted by Crippen LogP contribution is 2.57. The van der Waals surface area contributed by atoms with Gasteiger partial charge in [0.1, 0.15) is 48.6 Å². The van der Waals surface area contributed by atoms with Crippen molar-refractivity contribution in [1.82, 2.24) is 48.2 Å². The Balaban J connectivity index is 0.000000166. The fourth-order valence-electron chi connectivity index (χ4n) is 14.5. The van der Waals surface area contributed by atoms with Gasteiger partial charge in [0, 0.05) is 80.6 Å². The molecule has 5 aromatic heterocycles. The van der Waals surface area contributed by atoms with Crippen LogP contribution in [0.4, 0.5) is 11.8 Å². The van der Waals surface area contributed by atoms with Gasteiger partial charge in [0.25, 0.3) is 22.6 Å². The molecule has 15 rings (SSSR count). The van der Waals surface area contributed by atoms with Crippen LogP contribution in [0.5, 0.6) is 23.0 Å². The summed E-state index contributed by atoms with van der Waals surface area (Å²) < 4.78 is 122. The number of benzene rings is 4. The van der Waals surface area contributed by atoms with Gasteiger partial charge in [-0.05, 0) is 114 Å². The molecule has 19 atom stereocenters. The number of aliphatic hydroxyl groups excluding tert-OH is 3. The van der Waals surface area contributed by atoms with Gasteiger partial charge in [0.15, 0.2) is 66.7 Å². The maximum atomic E-state index is 13.6. The third-order valence-corrected chi connectivity index (χ3v) is 27.1. The topological polar surface area (TPSA) is 619 Å². The second-order valence-electron chi connectivity index (χ2n) is 31.6. The number of aliphatic hydroxyl groups is 6. The van der Waals surface area contributed by atoms with Gasteiger partial charge in [0.05, 0.1) is 67.6 Å². The molecule has 6 fully saturated rings. The van der Waals surface area contributed by atoms with Crippen molar-refractivity contribution in [3.8, 4) is 23.0 Å². The standard InChI is InChI=1S/C27H27ClN3O10P.C25H33N5O10.2C16H16ClN2O7P/c1-37-17-10-8-16(9-11-17)24(33)29-21-12-13-31(26(34)30-21)25-23(40-22-7-4-14-38-22)27(35,20(15-32)39-25)42(36)41-19-6-3-2-5-18(19)28;1-12(2)22(34)28-25-27-21-18(23(35)29-25)26-11-30(21)24-20(40-17-6-5-9-36-17)19(38-14(4)32)15(39-24)10-37-16(33)8-7-13(3)31;2*1-9-7-19(15(22)18-14(9)21)13-6-16(23,12(8-20)25-13)27(24)26-11-5-3-2-4-10(11)17/h2-3,5-6,8-13,20,22-23,25,32,35H,4,7,14-15H2,1H3;11-12,15,17,19-20,24H,5-10H2,1-4H3,(H2,27,28,29,34,35);2*2-5,7,12-13,20,23H,6,8H2,1H3/p+3/t20-,22?,23+,25-,27+;15-,17?,19-,20-,24-;2*12-,13-,16-/m1111/s1. The monoisotopic (exact) mass is 2010 g/mol. The van der Waals surface area contributed by atoms with E-state index in [1.807, 2.05) is 0 Å². The SMILES string of the molecule is CC(=O)CCC(=O)OC[C@H]1O[C@@H](n2cnc3c(=O)[nH]c(NC(=O)C(C)C)nc32)[C@H](OC2CCCO2)[C@@H]1OC(C)=O.COc1ccc(C(=O)Nc2ccn([C@@H]3O[C@H](CO)[C@](O)([P+](=O)Oc4ccccc4Cl)[C@H]3OC3CCCO3)c(=O)n2)cc1.Cc1cn([C@H]2C[C@@](O)([P+](=O)Oc3ccccc3Cl)[C@@H](CO)O2)c(=O)[nH]c1=O.Cc1cn([C@H]2C[C@@](O)([P+](=O)Oc3ccccc3Cl)[C@@H](CO)O2)c(=O)[nH]c1=O. The van der Waals surface area contributed by atoms with Gasteiger partial charge >= 0.3 is 69.1 Å². The highest BCUT2D eigenvalue weighted by atomic mass is 35.5. The van der Waals surface area contributed by atoms with E-state index >= 15 is 0 Å². The molecule has 11 N–H and O–H groups in total. The first-order valence-electron chi connectivity index (χ1n) is 41.9. The number of Topliss-reactive ketones (excluding diaryl/α,β-unsaturated/α-hetero) is 1. The van der Waals surface area contributed by atoms with E-state index in [2.05, 4.69) is 40.5 Å². The van der Waals surface area contributed by atoms with Crippen molar-refractivity contribution in [2.24, 2.45) is 5.92 Å². The number of fused-ring (bicyclic) bond motifs is 1. The third kappa shape index (κ3) is 24.3. The van der Waals surface area contributed by atoms with Crippen molar-refractivity contribution >= 4 is 111 Å². The summed E-state index contributed by atoms with van der Waals surface area (Å²) in [5.41, 5.74) is -3.19. The highest BCUT2D eigenvalue weighted by Gasteiger charge is 2.73. The second-order valence-corrected chi connectivity index (χ2v) is 37.2. The van der Waals surface area contributed by atoms with Crippen molar-refractivity contribution in [3.05, 3.63) is 222 Å². The zero-order valence-corrected chi connectivity index (χ0v) is 78.3. The van der Waals surface area contributed by atoms with Crippen LogP contribution in [0.2, 0.25) is 15.1 Å². The lowest BCUT2D eigenvalue weighted by molar-refractivity contribution is -0.190. The van der Waals surface area contributed by atoms with Gasteiger partial charge in [-0.25, -0.2) is 19.4 Å². The lowest BCUT2D eigenvalue weighted by atomic mass is 10.1. The Morgan fingerprint density at radius 2 is 1.11 bits per heavy atom. The van der Waals surface area contributed by atoms with E-state index in [0.717, 1.165) is 20.1 Å². The molecule has 6 aliphatic heterocycles. The fraction of sp³-hybridized carbons (Fsp3) is 0.452. The molecule has 46 nitrogen and oxygen atoms in total. The average molecular weight is 2020 g/mol. The number of ketones is 1. The molecule has 11 heterocycles. The number of hydrogen-bond acceptors (Lipinski definition) is 37. The van der Waals surface area contributed by atoms with E-state index in [1.165, 1.54) is 107 Å². The minimum Gasteiger partial charge on any atom is -0.497 e. The van der Waals surface area contributed by atoms with Gasteiger partial charge in [-0.3, -0.25) is 85.7 Å². The number of hydrogen-bond donors (Lipinski definition) is 11. The normalized spacial score (nSPS) is 25.2. The van der Waals surface area contributed by atoms with Gasteiger partial charge in [0.2, 0.25) is 29.1 Å². The summed E-state index contributed by atoms with van der Waals surface area (Å²) in [4.78, 5) is 153. The van der Waals surface area contributed by atoms with E-state index in [4.69, 9.17) is 100 Å². The molecule has 728 valence electrons. The van der Waals surface area contributed by atoms with Crippen LogP contribution in [-0.4, -0.2) is 226 Å². The van der Waals surface area contributed by atoms with Crippen LogP contribution in [-0.2, 0) is 80.2 Å². The van der Waals surface area contributed by atoms with Crippen LogP contribution in [0.15, 0.2) is 157 Å². The molecule has 6 aliphatic rings. The highest BCUT2D eigenvalue weighted by molar-refractivity contribution is 7.42. The maximum Gasteiger partial charge on any atom is 0.598 e. The Labute approximate surface area is 787 Å². The zero-order valence-electron chi connectivity index (χ0n) is 73.3. The van der Waals surface area contributed by atoms with Crippen LogP contribution in [0.3, 0.4) is 0 Å². The Morgan fingerprint density at radius 1 is 0.596 bits per heavy atom. The first kappa shape index (κ1) is 104. The number of nitrogens with one attached hydrogen (secondary N) is 5. The number of carbonyl (C=O) groups is 5. The number of aromatic amines is 3. The summed E-state index contributed by atoms with van der Waals surface area (Å²) in [6.07, 6.45) is -7.53. The summed E-state index contributed by atoms with van der Waals surface area (Å²) in [6.45, 7) is 7.47. The number of anilines is 2. The Morgan fingerprint density at radius 3 is 1.58 bits per heavy atom. The summed E-state index contributed by atoms with van der Waals surface area (Å²) >= 11 is 18.1. The van der Waals surface area contributed by atoms with Gasteiger partial charge in [-0.1, -0.05) is 85.0 Å². The largest absolute Gasteiger partial charge is 0.598 e. The van der Waals surface area contributed by atoms with Crippen LogP contribution in [0, 0.1) is 19.8 Å². The number of aromatic nitrogens is 10. The molecular formula is C84H95Cl3N12O34P3+3. The number of para-hydroxylation sites is 3. The Hall–Kier alpha value is -11.2. The molecule has 0 saturated carbocycles. The number of ether oxygens (including phenoxy) is 11. The molecule has 9 aromatic rings. The van der Waals surface area contributed by atoms with E-state index in [9.17, 15) is 97.1 Å². The number of nitrogens with zero attached hydrogens (tertiary/aromatic N) is 7. The van der Waals surface area contributed by atoms with Crippen molar-refractivity contribution in [1.29, 1.82) is 0 Å². The number of aryl methyl sites for hydroxylation is 2. The van der Waals surface area contributed by atoms with Gasteiger partial charge in [-0.2, -0.15) is 9.97 Å².